The maximum atomic E-state index is 11.4. The highest BCUT2D eigenvalue weighted by atomic mass is 16.1. The van der Waals surface area contributed by atoms with E-state index in [-0.39, 0.29) is 11.3 Å². The molecule has 1 atom stereocenters. The first-order valence-corrected chi connectivity index (χ1v) is 4.72. The third-order valence-corrected chi connectivity index (χ3v) is 2.25. The first kappa shape index (κ1) is 9.72. The Labute approximate surface area is 74.7 Å². The first-order valence-electron chi connectivity index (χ1n) is 4.72. The van der Waals surface area contributed by atoms with E-state index in [4.69, 9.17) is 0 Å². The molecule has 2 nitrogen and oxygen atoms in total. The molecular weight excluding hydrogens is 150 g/mol. The first-order chi connectivity index (χ1) is 5.49. The minimum absolute atomic E-state index is 0.263. The average molecular weight is 169 g/mol. The molecule has 0 saturated carbocycles. The van der Waals surface area contributed by atoms with E-state index in [2.05, 4.69) is 26.1 Å². The van der Waals surface area contributed by atoms with Crippen molar-refractivity contribution < 1.29 is 4.79 Å². The fourth-order valence-electron chi connectivity index (χ4n) is 1.73. The average Bonchev–Trinajstić information content (AvgIpc) is 1.91. The number of carbonyl (C=O) groups is 1. The van der Waals surface area contributed by atoms with Gasteiger partial charge in [0.05, 0.1) is 0 Å². The zero-order valence-corrected chi connectivity index (χ0v) is 8.31. The SMILES string of the molecule is CC(C)(C)CC1CNCCC1=O. The Morgan fingerprint density at radius 1 is 1.50 bits per heavy atom. The van der Waals surface area contributed by atoms with Gasteiger partial charge < -0.3 is 5.32 Å². The minimum atomic E-state index is 0.263. The molecule has 1 heterocycles. The summed E-state index contributed by atoms with van der Waals surface area (Å²) in [6, 6.07) is 0. The van der Waals surface area contributed by atoms with Crippen molar-refractivity contribution in [1.29, 1.82) is 0 Å². The number of ketones is 1. The summed E-state index contributed by atoms with van der Waals surface area (Å²) >= 11 is 0. The van der Waals surface area contributed by atoms with Gasteiger partial charge in [-0.1, -0.05) is 20.8 Å². The second-order valence-corrected chi connectivity index (χ2v) is 4.88. The van der Waals surface area contributed by atoms with Crippen LogP contribution in [0, 0.1) is 11.3 Å². The molecule has 0 bridgehead atoms. The Morgan fingerprint density at radius 2 is 2.17 bits per heavy atom. The lowest BCUT2D eigenvalue weighted by Crippen LogP contribution is -2.38. The van der Waals surface area contributed by atoms with E-state index in [1.807, 2.05) is 0 Å². The zero-order valence-electron chi connectivity index (χ0n) is 8.31. The van der Waals surface area contributed by atoms with Crippen molar-refractivity contribution in [2.75, 3.05) is 13.1 Å². The lowest BCUT2D eigenvalue weighted by atomic mass is 9.81. The van der Waals surface area contributed by atoms with Crippen LogP contribution >= 0.6 is 0 Å². The van der Waals surface area contributed by atoms with Gasteiger partial charge in [0, 0.05) is 25.4 Å². The molecule has 1 saturated heterocycles. The Balaban J connectivity index is 2.45. The number of rotatable bonds is 1. The molecule has 70 valence electrons. The lowest BCUT2D eigenvalue weighted by Gasteiger charge is -2.28. The molecule has 1 unspecified atom stereocenters. The van der Waals surface area contributed by atoms with Crippen LogP contribution < -0.4 is 5.32 Å². The van der Waals surface area contributed by atoms with Crippen molar-refractivity contribution in [2.45, 2.75) is 33.6 Å². The van der Waals surface area contributed by atoms with Crippen molar-refractivity contribution in [3.8, 4) is 0 Å². The molecule has 0 amide bonds. The molecule has 1 N–H and O–H groups in total. The molecule has 0 aromatic carbocycles. The number of nitrogens with one attached hydrogen (secondary N) is 1. The smallest absolute Gasteiger partial charge is 0.138 e. The Hall–Kier alpha value is -0.370. The molecule has 1 fully saturated rings. The van der Waals surface area contributed by atoms with Crippen LogP contribution in [0.15, 0.2) is 0 Å². The van der Waals surface area contributed by atoms with E-state index in [0.717, 1.165) is 25.9 Å². The molecule has 1 rings (SSSR count). The fourth-order valence-corrected chi connectivity index (χ4v) is 1.73. The Bertz CT molecular complexity index is 169. The van der Waals surface area contributed by atoms with Gasteiger partial charge in [-0.3, -0.25) is 4.79 Å². The molecular formula is C10H19NO. The highest BCUT2D eigenvalue weighted by Gasteiger charge is 2.26. The summed E-state index contributed by atoms with van der Waals surface area (Å²) in [4.78, 5) is 11.4. The number of hydrogen-bond donors (Lipinski definition) is 1. The molecule has 1 aliphatic rings. The second-order valence-electron chi connectivity index (χ2n) is 4.88. The third-order valence-electron chi connectivity index (χ3n) is 2.25. The molecule has 0 radical (unpaired) electrons. The summed E-state index contributed by atoms with van der Waals surface area (Å²) in [5.74, 6) is 0.711. The van der Waals surface area contributed by atoms with Crippen molar-refractivity contribution >= 4 is 5.78 Å². The van der Waals surface area contributed by atoms with Crippen LogP contribution in [0.3, 0.4) is 0 Å². The van der Waals surface area contributed by atoms with Crippen LogP contribution in [0.25, 0.3) is 0 Å². The molecule has 0 aromatic rings. The van der Waals surface area contributed by atoms with Gasteiger partial charge in [-0.15, -0.1) is 0 Å². The van der Waals surface area contributed by atoms with Crippen LogP contribution in [0.4, 0.5) is 0 Å². The predicted molar refractivity (Wildman–Crippen MR) is 50.1 cm³/mol. The standard InChI is InChI=1S/C10H19NO/c1-10(2,3)6-8-7-11-5-4-9(8)12/h8,11H,4-7H2,1-3H3. The van der Waals surface area contributed by atoms with E-state index < -0.39 is 0 Å². The number of carbonyl (C=O) groups excluding carboxylic acids is 1. The molecule has 0 aromatic heterocycles. The van der Waals surface area contributed by atoms with Crippen LogP contribution in [-0.2, 0) is 4.79 Å². The van der Waals surface area contributed by atoms with Gasteiger partial charge >= 0.3 is 0 Å². The maximum absolute atomic E-state index is 11.4. The molecule has 0 aliphatic carbocycles. The summed E-state index contributed by atoms with van der Waals surface area (Å²) in [5.41, 5.74) is 0.277. The van der Waals surface area contributed by atoms with Crippen LogP contribution in [0.5, 0.6) is 0 Å². The van der Waals surface area contributed by atoms with Crippen LogP contribution in [0.1, 0.15) is 33.6 Å². The van der Waals surface area contributed by atoms with Gasteiger partial charge in [-0.2, -0.15) is 0 Å². The summed E-state index contributed by atoms with van der Waals surface area (Å²) in [7, 11) is 0. The van der Waals surface area contributed by atoms with Crippen molar-refractivity contribution in [2.24, 2.45) is 11.3 Å². The number of hydrogen-bond acceptors (Lipinski definition) is 2. The summed E-state index contributed by atoms with van der Waals surface area (Å²) in [5, 5.41) is 3.27. The van der Waals surface area contributed by atoms with Gasteiger partial charge in [-0.25, -0.2) is 0 Å². The van der Waals surface area contributed by atoms with E-state index in [1.54, 1.807) is 0 Å². The summed E-state index contributed by atoms with van der Waals surface area (Å²) in [6.45, 7) is 8.33. The minimum Gasteiger partial charge on any atom is -0.316 e. The van der Waals surface area contributed by atoms with Crippen molar-refractivity contribution in [3.63, 3.8) is 0 Å². The lowest BCUT2D eigenvalue weighted by molar-refractivity contribution is -0.124. The van der Waals surface area contributed by atoms with Gasteiger partial charge in [0.15, 0.2) is 0 Å². The number of Topliss-reactive ketones (excluding diaryl/α,β-unsaturated/α-hetero) is 1. The normalized spacial score (nSPS) is 25.9. The summed E-state index contributed by atoms with van der Waals surface area (Å²) in [6.07, 6.45) is 1.74. The van der Waals surface area contributed by atoms with Crippen molar-refractivity contribution in [3.05, 3.63) is 0 Å². The highest BCUT2D eigenvalue weighted by molar-refractivity contribution is 5.82. The van der Waals surface area contributed by atoms with Gasteiger partial charge in [0.2, 0.25) is 0 Å². The van der Waals surface area contributed by atoms with E-state index in [0.29, 0.717) is 5.78 Å². The largest absolute Gasteiger partial charge is 0.316 e. The zero-order chi connectivity index (χ0) is 9.19. The molecule has 1 aliphatic heterocycles. The van der Waals surface area contributed by atoms with Crippen molar-refractivity contribution in [1.82, 2.24) is 5.32 Å². The van der Waals surface area contributed by atoms with Gasteiger partial charge in [0.1, 0.15) is 5.78 Å². The van der Waals surface area contributed by atoms with Gasteiger partial charge in [-0.05, 0) is 11.8 Å². The van der Waals surface area contributed by atoms with Gasteiger partial charge in [0.25, 0.3) is 0 Å². The highest BCUT2D eigenvalue weighted by Crippen LogP contribution is 2.26. The van der Waals surface area contributed by atoms with E-state index in [1.165, 1.54) is 0 Å². The number of piperidine rings is 1. The third kappa shape index (κ3) is 2.94. The van der Waals surface area contributed by atoms with E-state index >= 15 is 0 Å². The monoisotopic (exact) mass is 169 g/mol. The molecule has 2 heteroatoms. The van der Waals surface area contributed by atoms with E-state index in [9.17, 15) is 4.79 Å². The van der Waals surface area contributed by atoms with Crippen LogP contribution in [-0.4, -0.2) is 18.9 Å². The summed E-state index contributed by atoms with van der Waals surface area (Å²) < 4.78 is 0. The Morgan fingerprint density at radius 3 is 2.67 bits per heavy atom. The molecule has 12 heavy (non-hydrogen) atoms. The Kier molecular flexibility index (Phi) is 2.89. The predicted octanol–water partition coefficient (Wildman–Crippen LogP) is 1.60. The fraction of sp³-hybridized carbons (Fsp3) is 0.900. The quantitative estimate of drug-likeness (QED) is 0.646. The maximum Gasteiger partial charge on any atom is 0.138 e. The molecule has 0 spiro atoms. The van der Waals surface area contributed by atoms with Crippen LogP contribution in [0.2, 0.25) is 0 Å². The second kappa shape index (κ2) is 3.56. The topological polar surface area (TPSA) is 29.1 Å².